The molecule has 0 bridgehead atoms. The summed E-state index contributed by atoms with van der Waals surface area (Å²) in [6.45, 7) is 2.87. The highest BCUT2D eigenvalue weighted by molar-refractivity contribution is 7.99. The van der Waals surface area contributed by atoms with Crippen molar-refractivity contribution in [1.29, 1.82) is 0 Å². The zero-order valence-corrected chi connectivity index (χ0v) is 21.8. The van der Waals surface area contributed by atoms with E-state index in [-0.39, 0.29) is 12.4 Å². The van der Waals surface area contributed by atoms with Crippen molar-refractivity contribution in [3.63, 3.8) is 0 Å². The van der Waals surface area contributed by atoms with E-state index < -0.39 is 15.8 Å². The van der Waals surface area contributed by atoms with Crippen LogP contribution in [0.4, 0.5) is 0 Å². The van der Waals surface area contributed by atoms with Gasteiger partial charge in [0.1, 0.15) is 5.75 Å². The van der Waals surface area contributed by atoms with Gasteiger partial charge in [0.2, 0.25) is 0 Å². The minimum atomic E-state index is -3.35. The number of ether oxygens (including phenoxy) is 1. The van der Waals surface area contributed by atoms with Crippen LogP contribution in [-0.2, 0) is 14.6 Å². The summed E-state index contributed by atoms with van der Waals surface area (Å²) in [5, 5.41) is 12.6. The molecule has 3 aromatic rings. The number of aryl methyl sites for hydroxylation is 1. The number of hydrogen-bond acceptors (Lipinski definition) is 6. The first-order valence-corrected chi connectivity index (χ1v) is 14.1. The predicted molar refractivity (Wildman–Crippen MR) is 141 cm³/mol. The molecule has 9 heteroatoms. The highest BCUT2D eigenvalue weighted by atomic mass is 35.5. The highest BCUT2D eigenvalue weighted by Gasteiger charge is 2.14. The number of nitrogens with one attached hydrogen (secondary N) is 1. The van der Waals surface area contributed by atoms with Gasteiger partial charge in [0.15, 0.2) is 16.4 Å². The summed E-state index contributed by atoms with van der Waals surface area (Å²) >= 11 is 7.90. The normalized spacial score (nSPS) is 11.4. The van der Waals surface area contributed by atoms with E-state index in [9.17, 15) is 13.2 Å². The first kappa shape index (κ1) is 27.1. The lowest BCUT2D eigenvalue weighted by molar-refractivity contribution is -0.139. The lowest BCUT2D eigenvalue weighted by Gasteiger charge is -2.10. The van der Waals surface area contributed by atoms with Crippen molar-refractivity contribution < 1.29 is 23.1 Å². The Kier molecular flexibility index (Phi) is 10.0. The largest absolute Gasteiger partial charge is 0.482 e. The fourth-order valence-electron chi connectivity index (χ4n) is 3.42. The second kappa shape index (κ2) is 13.0. The van der Waals surface area contributed by atoms with Gasteiger partial charge in [0.25, 0.3) is 0 Å². The van der Waals surface area contributed by atoms with E-state index in [1.807, 2.05) is 43.3 Å². The van der Waals surface area contributed by atoms with Gasteiger partial charge in [-0.2, -0.15) is 0 Å². The molecule has 0 spiro atoms. The minimum Gasteiger partial charge on any atom is -0.482 e. The Balaban J connectivity index is 1.38. The number of halogens is 1. The topological polar surface area (TPSA) is 92.7 Å². The van der Waals surface area contributed by atoms with Crippen molar-refractivity contribution in [1.82, 2.24) is 5.32 Å². The van der Waals surface area contributed by atoms with Crippen molar-refractivity contribution in [2.24, 2.45) is 0 Å². The summed E-state index contributed by atoms with van der Waals surface area (Å²) in [5.41, 5.74) is 2.64. The third-order valence-electron chi connectivity index (χ3n) is 5.21. The van der Waals surface area contributed by atoms with Gasteiger partial charge in [-0.05, 0) is 67.4 Å². The van der Waals surface area contributed by atoms with Crippen LogP contribution in [0.1, 0.15) is 12.0 Å². The van der Waals surface area contributed by atoms with Gasteiger partial charge in [0.05, 0.1) is 10.6 Å². The molecule has 0 aliphatic rings. The number of carbonyl (C=O) groups is 1. The Morgan fingerprint density at radius 3 is 2.49 bits per heavy atom. The number of hydrogen-bond donors (Lipinski definition) is 2. The maximum Gasteiger partial charge on any atom is 0.341 e. The Bertz CT molecular complexity index is 1250. The van der Waals surface area contributed by atoms with Crippen molar-refractivity contribution in [2.45, 2.75) is 23.1 Å². The second-order valence-corrected chi connectivity index (χ2v) is 11.6. The quantitative estimate of drug-likeness (QED) is 0.227. The number of sulfone groups is 1. The first-order chi connectivity index (χ1) is 16.8. The fraction of sp³-hybridized carbons (Fsp3) is 0.269. The monoisotopic (exact) mass is 533 g/mol. The summed E-state index contributed by atoms with van der Waals surface area (Å²) in [4.78, 5) is 12.0. The van der Waals surface area contributed by atoms with Gasteiger partial charge in [-0.25, -0.2) is 13.2 Å². The number of benzene rings is 3. The van der Waals surface area contributed by atoms with E-state index in [2.05, 4.69) is 5.32 Å². The summed E-state index contributed by atoms with van der Waals surface area (Å²) in [5.74, 6) is 0.461. The van der Waals surface area contributed by atoms with Crippen LogP contribution in [0.25, 0.3) is 11.1 Å². The van der Waals surface area contributed by atoms with Crippen molar-refractivity contribution in [3.05, 3.63) is 77.3 Å². The molecule has 0 radical (unpaired) electrons. The molecule has 0 atom stereocenters. The van der Waals surface area contributed by atoms with E-state index in [4.69, 9.17) is 21.4 Å². The average molecular weight is 534 g/mol. The third kappa shape index (κ3) is 8.28. The zero-order chi connectivity index (χ0) is 25.3. The van der Waals surface area contributed by atoms with E-state index in [1.54, 1.807) is 42.1 Å². The number of carboxylic acid groups (broad SMARTS) is 1. The fourth-order valence-corrected chi connectivity index (χ4v) is 5.88. The Morgan fingerprint density at radius 1 is 1.06 bits per heavy atom. The molecule has 0 saturated carbocycles. The molecule has 3 rings (SSSR count). The third-order valence-corrected chi connectivity index (χ3v) is 8.35. The van der Waals surface area contributed by atoms with Crippen molar-refractivity contribution >= 4 is 39.2 Å². The van der Waals surface area contributed by atoms with Crippen molar-refractivity contribution in [2.75, 3.05) is 31.2 Å². The van der Waals surface area contributed by atoms with Crippen LogP contribution in [0.2, 0.25) is 5.02 Å². The summed E-state index contributed by atoms with van der Waals surface area (Å²) in [6.07, 6.45) is 0.522. The molecule has 2 N–H and O–H groups in total. The highest BCUT2D eigenvalue weighted by Crippen LogP contribution is 2.28. The molecule has 6 nitrogen and oxygen atoms in total. The Labute approximate surface area is 215 Å². The molecule has 0 heterocycles. The van der Waals surface area contributed by atoms with E-state index in [0.717, 1.165) is 33.9 Å². The van der Waals surface area contributed by atoms with Gasteiger partial charge in [-0.15, -0.1) is 11.8 Å². The van der Waals surface area contributed by atoms with Gasteiger partial charge in [-0.1, -0.05) is 41.9 Å². The lowest BCUT2D eigenvalue weighted by Crippen LogP contribution is -2.21. The lowest BCUT2D eigenvalue weighted by atomic mass is 10.1. The molecule has 0 fully saturated rings. The number of rotatable bonds is 13. The van der Waals surface area contributed by atoms with Crippen LogP contribution < -0.4 is 10.1 Å². The summed E-state index contributed by atoms with van der Waals surface area (Å²) in [6, 6.07) is 20.0. The first-order valence-electron chi connectivity index (χ1n) is 11.1. The molecule has 0 unspecified atom stereocenters. The molecular weight excluding hydrogens is 506 g/mol. The molecule has 0 amide bonds. The molecule has 0 aliphatic heterocycles. The van der Waals surface area contributed by atoms with E-state index in [0.29, 0.717) is 28.6 Å². The molecule has 0 saturated heterocycles. The van der Waals surface area contributed by atoms with Gasteiger partial charge < -0.3 is 15.2 Å². The molecule has 0 aliphatic carbocycles. The number of thioether (sulfide) groups is 1. The van der Waals surface area contributed by atoms with Crippen LogP contribution in [0.5, 0.6) is 5.75 Å². The van der Waals surface area contributed by atoms with E-state index >= 15 is 0 Å². The standard InChI is InChI=1S/C26H28ClNO5S2/c1-19-17-21(9-12-25(19)33-18-26(29)30)34-15-14-28-13-4-16-35(31,32)22-10-7-20(8-11-22)23-5-2-3-6-24(23)27/h2-3,5-12,17,28H,4,13-16,18H2,1H3,(H,29,30). The zero-order valence-electron chi connectivity index (χ0n) is 19.4. The van der Waals surface area contributed by atoms with E-state index in [1.165, 1.54) is 0 Å². The number of aliphatic carboxylic acids is 1. The SMILES string of the molecule is Cc1cc(SCCNCCCS(=O)(=O)c2ccc(-c3ccccc3Cl)cc2)ccc1OCC(=O)O. The number of carboxylic acids is 1. The summed E-state index contributed by atoms with van der Waals surface area (Å²) < 4.78 is 30.6. The second-order valence-electron chi connectivity index (χ2n) is 7.88. The smallest absolute Gasteiger partial charge is 0.341 e. The Hall–Kier alpha value is -2.52. The van der Waals surface area contributed by atoms with Gasteiger partial charge in [-0.3, -0.25) is 0 Å². The molecule has 3 aromatic carbocycles. The predicted octanol–water partition coefficient (Wildman–Crippen LogP) is 5.32. The molecule has 0 aromatic heterocycles. The maximum absolute atomic E-state index is 12.7. The van der Waals surface area contributed by atoms with Crippen LogP contribution in [0.3, 0.4) is 0 Å². The molecule has 186 valence electrons. The van der Waals surface area contributed by atoms with Gasteiger partial charge >= 0.3 is 5.97 Å². The van der Waals surface area contributed by atoms with Crippen molar-refractivity contribution in [3.8, 4) is 16.9 Å². The molecular formula is C26H28ClNO5S2. The average Bonchev–Trinajstić information content (AvgIpc) is 2.83. The van der Waals surface area contributed by atoms with Crippen LogP contribution in [0.15, 0.2) is 76.5 Å². The summed E-state index contributed by atoms with van der Waals surface area (Å²) in [7, 11) is -3.35. The minimum absolute atomic E-state index is 0.0790. The van der Waals surface area contributed by atoms with Crippen LogP contribution in [-0.4, -0.2) is 50.7 Å². The maximum atomic E-state index is 12.7. The Morgan fingerprint density at radius 2 is 1.80 bits per heavy atom. The van der Waals surface area contributed by atoms with Crippen LogP contribution >= 0.6 is 23.4 Å². The van der Waals surface area contributed by atoms with Gasteiger partial charge in [0, 0.05) is 27.8 Å². The van der Waals surface area contributed by atoms with Crippen LogP contribution in [0, 0.1) is 6.92 Å². The molecule has 35 heavy (non-hydrogen) atoms.